The minimum atomic E-state index is -0.297. The molecule has 0 spiro atoms. The molecule has 0 aliphatic heterocycles. The van der Waals surface area contributed by atoms with Crippen molar-refractivity contribution in [2.75, 3.05) is 7.05 Å². The first-order chi connectivity index (χ1) is 10.1. The van der Waals surface area contributed by atoms with Crippen molar-refractivity contribution < 1.29 is 14.0 Å². The summed E-state index contributed by atoms with van der Waals surface area (Å²) in [5, 5.41) is 1.84. The van der Waals surface area contributed by atoms with Gasteiger partial charge >= 0.3 is 0 Å². The number of amides is 1. The number of hydrogen-bond acceptors (Lipinski definition) is 3. The maximum Gasteiger partial charge on any atom is 0.223 e. The van der Waals surface area contributed by atoms with Gasteiger partial charge in [0.2, 0.25) is 5.91 Å². The average molecular weight is 305 g/mol. The van der Waals surface area contributed by atoms with Crippen molar-refractivity contribution >= 4 is 23.0 Å². The van der Waals surface area contributed by atoms with Gasteiger partial charge in [-0.2, -0.15) is 0 Å². The maximum atomic E-state index is 12.8. The molecule has 0 bridgehead atoms. The summed E-state index contributed by atoms with van der Waals surface area (Å²) in [5.41, 5.74) is 0.858. The van der Waals surface area contributed by atoms with Crippen LogP contribution in [0.15, 0.2) is 41.8 Å². The molecule has 2 aromatic rings. The van der Waals surface area contributed by atoms with Gasteiger partial charge in [-0.05, 0) is 29.1 Å². The van der Waals surface area contributed by atoms with Gasteiger partial charge in [-0.1, -0.05) is 18.2 Å². The summed E-state index contributed by atoms with van der Waals surface area (Å²) in [5.74, 6) is -0.396. The summed E-state index contributed by atoms with van der Waals surface area (Å²) in [6.07, 6.45) is 0.404. The van der Waals surface area contributed by atoms with Gasteiger partial charge < -0.3 is 4.90 Å². The molecule has 21 heavy (non-hydrogen) atoms. The smallest absolute Gasteiger partial charge is 0.223 e. The van der Waals surface area contributed by atoms with E-state index in [-0.39, 0.29) is 30.3 Å². The van der Waals surface area contributed by atoms with E-state index in [9.17, 15) is 14.0 Å². The van der Waals surface area contributed by atoms with Gasteiger partial charge in [-0.15, -0.1) is 11.3 Å². The van der Waals surface area contributed by atoms with Crippen LogP contribution in [0.1, 0.15) is 28.1 Å². The zero-order chi connectivity index (χ0) is 15.2. The molecule has 110 valence electrons. The minimum Gasteiger partial charge on any atom is -0.341 e. The van der Waals surface area contributed by atoms with Crippen molar-refractivity contribution in [3.05, 3.63) is 58.0 Å². The van der Waals surface area contributed by atoms with Crippen molar-refractivity contribution in [3.8, 4) is 0 Å². The van der Waals surface area contributed by atoms with Gasteiger partial charge in [-0.25, -0.2) is 4.39 Å². The summed E-state index contributed by atoms with van der Waals surface area (Å²) in [6, 6.07) is 9.62. The van der Waals surface area contributed by atoms with Crippen LogP contribution in [0.5, 0.6) is 0 Å². The molecule has 1 aromatic heterocycles. The Labute approximate surface area is 127 Å². The predicted octanol–water partition coefficient (Wildman–Crippen LogP) is 3.51. The number of rotatable bonds is 6. The van der Waals surface area contributed by atoms with Gasteiger partial charge in [0.05, 0.1) is 4.88 Å². The first kappa shape index (κ1) is 15.4. The lowest BCUT2D eigenvalue weighted by Crippen LogP contribution is -2.26. The maximum absolute atomic E-state index is 12.8. The standard InChI is InChI=1S/C16H16FNO2S/c1-18(11-12-4-6-13(17)7-5-12)16(20)9-8-14(19)15-3-2-10-21-15/h2-7,10H,8-9,11H2,1H3. The quantitative estimate of drug-likeness (QED) is 0.766. The minimum absolute atomic E-state index is 0.00599. The van der Waals surface area contributed by atoms with E-state index in [1.54, 1.807) is 30.1 Å². The number of ketones is 1. The summed E-state index contributed by atoms with van der Waals surface area (Å²) in [7, 11) is 1.68. The number of benzene rings is 1. The van der Waals surface area contributed by atoms with Crippen LogP contribution in [0.2, 0.25) is 0 Å². The highest BCUT2D eigenvalue weighted by molar-refractivity contribution is 7.12. The van der Waals surface area contributed by atoms with Crippen LogP contribution in [0.25, 0.3) is 0 Å². The molecule has 0 saturated carbocycles. The molecule has 0 saturated heterocycles. The van der Waals surface area contributed by atoms with Gasteiger partial charge in [0, 0.05) is 26.4 Å². The van der Waals surface area contributed by atoms with E-state index in [1.807, 2.05) is 11.4 Å². The van der Waals surface area contributed by atoms with Crippen molar-refractivity contribution in [2.45, 2.75) is 19.4 Å². The molecular weight excluding hydrogens is 289 g/mol. The Bertz CT molecular complexity index is 608. The first-order valence-corrected chi connectivity index (χ1v) is 7.49. The van der Waals surface area contributed by atoms with E-state index in [4.69, 9.17) is 0 Å². The Balaban J connectivity index is 1.82. The highest BCUT2D eigenvalue weighted by Gasteiger charge is 2.13. The fourth-order valence-electron chi connectivity index (χ4n) is 1.92. The van der Waals surface area contributed by atoms with E-state index < -0.39 is 0 Å². The van der Waals surface area contributed by atoms with Gasteiger partial charge in [0.25, 0.3) is 0 Å². The summed E-state index contributed by atoms with van der Waals surface area (Å²) in [6.45, 7) is 0.409. The first-order valence-electron chi connectivity index (χ1n) is 6.61. The highest BCUT2D eigenvalue weighted by atomic mass is 32.1. The number of carbonyl (C=O) groups excluding carboxylic acids is 2. The van der Waals surface area contributed by atoms with Crippen molar-refractivity contribution in [3.63, 3.8) is 0 Å². The average Bonchev–Trinajstić information content (AvgIpc) is 3.01. The van der Waals surface area contributed by atoms with Gasteiger partial charge in [0.1, 0.15) is 5.82 Å². The molecule has 0 fully saturated rings. The monoisotopic (exact) mass is 305 g/mol. The molecule has 5 heteroatoms. The van der Waals surface area contributed by atoms with Crippen LogP contribution in [-0.2, 0) is 11.3 Å². The molecule has 0 atom stereocenters. The molecule has 1 amide bonds. The molecule has 0 radical (unpaired) electrons. The molecule has 0 aliphatic rings. The van der Waals surface area contributed by atoms with Crippen LogP contribution >= 0.6 is 11.3 Å². The van der Waals surface area contributed by atoms with Crippen molar-refractivity contribution in [1.29, 1.82) is 0 Å². The van der Waals surface area contributed by atoms with Crippen LogP contribution < -0.4 is 0 Å². The second-order valence-electron chi connectivity index (χ2n) is 4.78. The largest absolute Gasteiger partial charge is 0.341 e. The Morgan fingerprint density at radius 2 is 1.86 bits per heavy atom. The third-order valence-corrected chi connectivity index (χ3v) is 4.03. The lowest BCUT2D eigenvalue weighted by atomic mass is 10.1. The fourth-order valence-corrected chi connectivity index (χ4v) is 2.62. The normalized spacial score (nSPS) is 10.4. The third-order valence-electron chi connectivity index (χ3n) is 3.12. The summed E-state index contributed by atoms with van der Waals surface area (Å²) < 4.78 is 12.8. The second kappa shape index (κ2) is 7.13. The molecule has 0 unspecified atom stereocenters. The third kappa shape index (κ3) is 4.49. The molecule has 0 N–H and O–H groups in total. The topological polar surface area (TPSA) is 37.4 Å². The van der Waals surface area contributed by atoms with E-state index in [0.717, 1.165) is 5.56 Å². The molecule has 2 rings (SSSR count). The summed E-state index contributed by atoms with van der Waals surface area (Å²) in [4.78, 5) is 26.1. The van der Waals surface area contributed by atoms with Crippen LogP contribution in [0.3, 0.4) is 0 Å². The number of nitrogens with zero attached hydrogens (tertiary/aromatic N) is 1. The number of thiophene rings is 1. The molecular formula is C16H16FNO2S. The Hall–Kier alpha value is -2.01. The number of hydrogen-bond donors (Lipinski definition) is 0. The predicted molar refractivity (Wildman–Crippen MR) is 80.8 cm³/mol. The fraction of sp³-hybridized carbons (Fsp3) is 0.250. The number of Topliss-reactive ketones (excluding diaryl/α,β-unsaturated/α-hetero) is 1. The van der Waals surface area contributed by atoms with Crippen molar-refractivity contribution in [1.82, 2.24) is 4.90 Å². The van der Waals surface area contributed by atoms with Gasteiger partial charge in [0.15, 0.2) is 5.78 Å². The zero-order valence-corrected chi connectivity index (χ0v) is 12.5. The number of halogens is 1. The van der Waals surface area contributed by atoms with E-state index in [0.29, 0.717) is 11.4 Å². The molecule has 1 heterocycles. The highest BCUT2D eigenvalue weighted by Crippen LogP contribution is 2.13. The van der Waals surface area contributed by atoms with E-state index in [2.05, 4.69) is 0 Å². The van der Waals surface area contributed by atoms with Crippen LogP contribution in [-0.4, -0.2) is 23.6 Å². The van der Waals surface area contributed by atoms with Gasteiger partial charge in [-0.3, -0.25) is 9.59 Å². The molecule has 3 nitrogen and oxygen atoms in total. The lowest BCUT2D eigenvalue weighted by molar-refractivity contribution is -0.130. The van der Waals surface area contributed by atoms with Crippen LogP contribution in [0.4, 0.5) is 4.39 Å². The van der Waals surface area contributed by atoms with E-state index >= 15 is 0 Å². The zero-order valence-electron chi connectivity index (χ0n) is 11.7. The Kier molecular flexibility index (Phi) is 5.22. The van der Waals surface area contributed by atoms with Crippen molar-refractivity contribution in [2.24, 2.45) is 0 Å². The van der Waals surface area contributed by atoms with E-state index in [1.165, 1.54) is 23.5 Å². The summed E-state index contributed by atoms with van der Waals surface area (Å²) >= 11 is 1.39. The second-order valence-corrected chi connectivity index (χ2v) is 5.72. The number of carbonyl (C=O) groups is 2. The SMILES string of the molecule is CN(Cc1ccc(F)cc1)C(=O)CCC(=O)c1cccs1. The Morgan fingerprint density at radius 1 is 1.14 bits per heavy atom. The Morgan fingerprint density at radius 3 is 2.48 bits per heavy atom. The van der Waals surface area contributed by atoms with Crippen LogP contribution in [0, 0.1) is 5.82 Å². The lowest BCUT2D eigenvalue weighted by Gasteiger charge is -2.17. The molecule has 1 aromatic carbocycles. The molecule has 0 aliphatic carbocycles.